The Morgan fingerprint density at radius 3 is 2.35 bits per heavy atom. The minimum Gasteiger partial charge on any atom is -0.468 e. The predicted octanol–water partition coefficient (Wildman–Crippen LogP) is 0.728. The molecule has 0 aromatic carbocycles. The molecule has 0 unspecified atom stereocenters. The van der Waals surface area contributed by atoms with E-state index in [4.69, 9.17) is 4.74 Å². The Bertz CT molecular complexity index is 308. The van der Waals surface area contributed by atoms with Gasteiger partial charge in [-0.15, -0.1) is 0 Å². The Morgan fingerprint density at radius 2 is 2.00 bits per heavy atom. The SMILES string of the molecule is CCC(C)(C)CNC(=O)C1(C(=O)OC)COC1. The summed E-state index contributed by atoms with van der Waals surface area (Å²) < 4.78 is 9.64. The fourth-order valence-electron chi connectivity index (χ4n) is 1.46. The van der Waals surface area contributed by atoms with Crippen molar-refractivity contribution in [2.75, 3.05) is 26.9 Å². The lowest BCUT2D eigenvalue weighted by Crippen LogP contribution is -2.60. The maximum Gasteiger partial charge on any atom is 0.326 e. The van der Waals surface area contributed by atoms with Crippen molar-refractivity contribution in [2.24, 2.45) is 10.8 Å². The van der Waals surface area contributed by atoms with Gasteiger partial charge in [-0.3, -0.25) is 9.59 Å². The van der Waals surface area contributed by atoms with Crippen LogP contribution in [0.15, 0.2) is 0 Å². The molecule has 5 heteroatoms. The molecule has 1 aliphatic heterocycles. The minimum absolute atomic E-state index is 0.0254. The van der Waals surface area contributed by atoms with Crippen LogP contribution in [0.2, 0.25) is 0 Å². The van der Waals surface area contributed by atoms with Crippen molar-refractivity contribution in [3.63, 3.8) is 0 Å². The summed E-state index contributed by atoms with van der Waals surface area (Å²) in [6.45, 7) is 6.95. The first kappa shape index (κ1) is 14.0. The lowest BCUT2D eigenvalue weighted by atomic mass is 9.84. The molecule has 0 atom stereocenters. The van der Waals surface area contributed by atoms with Gasteiger partial charge in [-0.05, 0) is 11.8 Å². The van der Waals surface area contributed by atoms with Crippen LogP contribution in [0, 0.1) is 10.8 Å². The lowest BCUT2D eigenvalue weighted by Gasteiger charge is -2.37. The molecule has 98 valence electrons. The maximum absolute atomic E-state index is 12.0. The van der Waals surface area contributed by atoms with Gasteiger partial charge >= 0.3 is 5.97 Å². The zero-order chi connectivity index (χ0) is 13.1. The molecule has 0 bridgehead atoms. The molecular weight excluding hydrogens is 222 g/mol. The van der Waals surface area contributed by atoms with Gasteiger partial charge in [0, 0.05) is 6.54 Å². The van der Waals surface area contributed by atoms with Crippen molar-refractivity contribution in [3.05, 3.63) is 0 Å². The van der Waals surface area contributed by atoms with Gasteiger partial charge in [0.05, 0.1) is 20.3 Å². The lowest BCUT2D eigenvalue weighted by molar-refractivity contribution is -0.188. The normalized spacial score (nSPS) is 18.1. The minimum atomic E-state index is -1.13. The first-order valence-corrected chi connectivity index (χ1v) is 5.82. The van der Waals surface area contributed by atoms with Crippen LogP contribution >= 0.6 is 0 Å². The van der Waals surface area contributed by atoms with Gasteiger partial charge in [-0.2, -0.15) is 0 Å². The van der Waals surface area contributed by atoms with Crippen LogP contribution in [0.5, 0.6) is 0 Å². The molecule has 1 amide bonds. The van der Waals surface area contributed by atoms with E-state index in [2.05, 4.69) is 30.8 Å². The number of nitrogens with one attached hydrogen (secondary N) is 1. The number of methoxy groups -OCH3 is 1. The van der Waals surface area contributed by atoms with Crippen molar-refractivity contribution in [1.82, 2.24) is 5.32 Å². The van der Waals surface area contributed by atoms with Crippen LogP contribution in [-0.2, 0) is 19.1 Å². The molecule has 0 spiro atoms. The van der Waals surface area contributed by atoms with E-state index in [1.54, 1.807) is 0 Å². The molecule has 1 heterocycles. The molecule has 1 rings (SSSR count). The van der Waals surface area contributed by atoms with Crippen molar-refractivity contribution in [3.8, 4) is 0 Å². The van der Waals surface area contributed by atoms with E-state index < -0.39 is 11.4 Å². The second-order valence-electron chi connectivity index (χ2n) is 5.27. The van der Waals surface area contributed by atoms with Crippen LogP contribution in [0.1, 0.15) is 27.2 Å². The summed E-state index contributed by atoms with van der Waals surface area (Å²) in [4.78, 5) is 23.6. The van der Waals surface area contributed by atoms with Crippen LogP contribution in [0.4, 0.5) is 0 Å². The summed E-state index contributed by atoms with van der Waals surface area (Å²) in [6, 6.07) is 0. The van der Waals surface area contributed by atoms with E-state index in [0.29, 0.717) is 6.54 Å². The zero-order valence-corrected chi connectivity index (χ0v) is 11.0. The highest BCUT2D eigenvalue weighted by atomic mass is 16.5. The third-order valence-electron chi connectivity index (χ3n) is 3.39. The van der Waals surface area contributed by atoms with Crippen LogP contribution in [0.3, 0.4) is 0 Å². The van der Waals surface area contributed by atoms with Crippen molar-refractivity contribution in [1.29, 1.82) is 0 Å². The number of amides is 1. The van der Waals surface area contributed by atoms with Crippen LogP contribution in [-0.4, -0.2) is 38.7 Å². The summed E-state index contributed by atoms with van der Waals surface area (Å²) in [5, 5.41) is 2.81. The average molecular weight is 243 g/mol. The highest BCUT2D eigenvalue weighted by Crippen LogP contribution is 2.30. The van der Waals surface area contributed by atoms with Crippen molar-refractivity contribution < 1.29 is 19.1 Å². The fourth-order valence-corrected chi connectivity index (χ4v) is 1.46. The van der Waals surface area contributed by atoms with Gasteiger partial charge in [-0.1, -0.05) is 20.8 Å². The number of rotatable bonds is 5. The first-order chi connectivity index (χ1) is 7.88. The number of ether oxygens (including phenoxy) is 2. The number of carbonyl (C=O) groups excluding carboxylic acids is 2. The summed E-state index contributed by atoms with van der Waals surface area (Å²) in [7, 11) is 1.28. The van der Waals surface area contributed by atoms with Crippen molar-refractivity contribution in [2.45, 2.75) is 27.2 Å². The molecule has 1 aliphatic rings. The van der Waals surface area contributed by atoms with E-state index in [-0.39, 0.29) is 24.5 Å². The molecule has 17 heavy (non-hydrogen) atoms. The number of carbonyl (C=O) groups is 2. The van der Waals surface area contributed by atoms with Crippen molar-refractivity contribution >= 4 is 11.9 Å². The summed E-state index contributed by atoms with van der Waals surface area (Å²) in [5.41, 5.74) is -1.10. The largest absolute Gasteiger partial charge is 0.468 e. The van der Waals surface area contributed by atoms with Gasteiger partial charge in [0.1, 0.15) is 0 Å². The quantitative estimate of drug-likeness (QED) is 0.571. The smallest absolute Gasteiger partial charge is 0.326 e. The van der Waals surface area contributed by atoms with Crippen LogP contribution in [0.25, 0.3) is 0 Å². The van der Waals surface area contributed by atoms with Gasteiger partial charge in [0.25, 0.3) is 0 Å². The molecule has 0 saturated carbocycles. The Labute approximate surface area is 102 Å². The van der Waals surface area contributed by atoms with Gasteiger partial charge in [0.2, 0.25) is 5.91 Å². The van der Waals surface area contributed by atoms with E-state index >= 15 is 0 Å². The number of hydrogen-bond acceptors (Lipinski definition) is 4. The first-order valence-electron chi connectivity index (χ1n) is 5.82. The van der Waals surface area contributed by atoms with Gasteiger partial charge in [-0.25, -0.2) is 0 Å². The second-order valence-corrected chi connectivity index (χ2v) is 5.27. The van der Waals surface area contributed by atoms with E-state index in [0.717, 1.165) is 6.42 Å². The van der Waals surface area contributed by atoms with E-state index in [1.165, 1.54) is 7.11 Å². The predicted molar refractivity (Wildman–Crippen MR) is 62.3 cm³/mol. The molecule has 1 fully saturated rings. The van der Waals surface area contributed by atoms with E-state index in [9.17, 15) is 9.59 Å². The standard InChI is InChI=1S/C12H21NO4/c1-5-11(2,3)6-13-9(14)12(7-17-8-12)10(15)16-4/h5-8H2,1-4H3,(H,13,14). The molecule has 0 aromatic rings. The van der Waals surface area contributed by atoms with Gasteiger partial charge < -0.3 is 14.8 Å². The summed E-state index contributed by atoms with van der Waals surface area (Å²) in [6.07, 6.45) is 0.953. The Hall–Kier alpha value is -1.10. The summed E-state index contributed by atoms with van der Waals surface area (Å²) in [5.74, 6) is -0.812. The average Bonchev–Trinajstić information content (AvgIpc) is 2.24. The maximum atomic E-state index is 12.0. The topological polar surface area (TPSA) is 64.6 Å². The molecule has 1 saturated heterocycles. The highest BCUT2D eigenvalue weighted by Gasteiger charge is 2.54. The third kappa shape index (κ3) is 2.77. The number of hydrogen-bond donors (Lipinski definition) is 1. The molecule has 0 aliphatic carbocycles. The molecule has 1 N–H and O–H groups in total. The third-order valence-corrected chi connectivity index (χ3v) is 3.39. The van der Waals surface area contributed by atoms with E-state index in [1.807, 2.05) is 0 Å². The number of esters is 1. The summed E-state index contributed by atoms with van der Waals surface area (Å²) >= 11 is 0. The molecule has 0 aromatic heterocycles. The Morgan fingerprint density at radius 1 is 1.41 bits per heavy atom. The van der Waals surface area contributed by atoms with Gasteiger partial charge in [0.15, 0.2) is 5.41 Å². The fraction of sp³-hybridized carbons (Fsp3) is 0.833. The molecule has 5 nitrogen and oxygen atoms in total. The second kappa shape index (κ2) is 5.04. The Kier molecular flexibility index (Phi) is 4.14. The van der Waals surface area contributed by atoms with Crippen LogP contribution < -0.4 is 5.32 Å². The monoisotopic (exact) mass is 243 g/mol. The Balaban J connectivity index is 2.60. The highest BCUT2D eigenvalue weighted by molar-refractivity contribution is 6.03. The molecule has 0 radical (unpaired) electrons. The molecular formula is C12H21NO4. The zero-order valence-electron chi connectivity index (χ0n) is 11.0.